The molecule has 0 saturated carbocycles. The number of carbonyl (C=O) groups excluding carboxylic acids is 2. The molecule has 2 aliphatic heterocycles. The van der Waals surface area contributed by atoms with Gasteiger partial charge in [0, 0.05) is 29.8 Å². The van der Waals surface area contributed by atoms with Crippen molar-refractivity contribution in [3.63, 3.8) is 0 Å². The molecular formula is C21H24ClN3O2S. The van der Waals surface area contributed by atoms with E-state index in [0.29, 0.717) is 16.5 Å². The summed E-state index contributed by atoms with van der Waals surface area (Å²) < 4.78 is 0. The van der Waals surface area contributed by atoms with Crippen molar-refractivity contribution in [3.8, 4) is 0 Å². The highest BCUT2D eigenvalue weighted by Crippen LogP contribution is 2.44. The van der Waals surface area contributed by atoms with E-state index in [9.17, 15) is 9.59 Å². The lowest BCUT2D eigenvalue weighted by Gasteiger charge is -2.45. The Bertz CT molecular complexity index is 922. The third kappa shape index (κ3) is 3.47. The number of nitrogens with one attached hydrogen (secondary N) is 1. The summed E-state index contributed by atoms with van der Waals surface area (Å²) in [4.78, 5) is 28.7. The summed E-state index contributed by atoms with van der Waals surface area (Å²) in [7, 11) is 2.06. The molecule has 0 radical (unpaired) electrons. The van der Waals surface area contributed by atoms with Crippen LogP contribution in [-0.4, -0.2) is 41.0 Å². The number of fused-ring (bicyclic) bond motifs is 1. The topological polar surface area (TPSA) is 52.7 Å². The summed E-state index contributed by atoms with van der Waals surface area (Å²) >= 11 is 11.6. The van der Waals surface area contributed by atoms with E-state index in [1.807, 2.05) is 12.1 Å². The number of thiocarbonyl (C=S) groups is 1. The lowest BCUT2D eigenvalue weighted by Crippen LogP contribution is -2.53. The van der Waals surface area contributed by atoms with Crippen LogP contribution in [0.25, 0.3) is 6.08 Å². The van der Waals surface area contributed by atoms with Crippen LogP contribution in [0, 0.1) is 0 Å². The number of hydrogen-bond donors (Lipinski definition) is 1. The van der Waals surface area contributed by atoms with Gasteiger partial charge in [-0.2, -0.15) is 0 Å². The maximum atomic E-state index is 12.8. The lowest BCUT2D eigenvalue weighted by molar-refractivity contribution is -0.128. The molecule has 1 aromatic carbocycles. The zero-order valence-corrected chi connectivity index (χ0v) is 18.1. The second-order valence-electron chi connectivity index (χ2n) is 7.93. The number of carbonyl (C=O) groups is 2. The third-order valence-corrected chi connectivity index (χ3v) is 6.20. The maximum absolute atomic E-state index is 12.8. The molecule has 7 heteroatoms. The second kappa shape index (κ2) is 7.33. The Kier molecular flexibility index (Phi) is 5.38. The predicted octanol–water partition coefficient (Wildman–Crippen LogP) is 3.87. The molecule has 1 fully saturated rings. The fourth-order valence-electron chi connectivity index (χ4n) is 3.86. The van der Waals surface area contributed by atoms with Crippen LogP contribution >= 0.6 is 23.8 Å². The molecule has 5 nitrogen and oxygen atoms in total. The minimum absolute atomic E-state index is 0.00875. The van der Waals surface area contributed by atoms with E-state index in [0.717, 1.165) is 17.7 Å². The first-order valence-electron chi connectivity index (χ1n) is 9.14. The summed E-state index contributed by atoms with van der Waals surface area (Å²) in [5.41, 5.74) is 2.90. The molecule has 1 saturated heterocycles. The molecule has 1 atom stereocenters. The van der Waals surface area contributed by atoms with Crippen LogP contribution in [0.1, 0.15) is 44.2 Å². The standard InChI is InChI=1S/C21H24ClN3O2S/c1-6-7-25-19(27)15(18(26)23-20(25)28)9-13-8-14-12(2)11-21(3,4)24(5)17(14)10-16(13)22/h6,8-10,12H,1,7,11H2,2-5H3,(H,23,26,28)/b15-9-. The molecule has 1 aromatic rings. The normalized spacial score (nSPS) is 23.0. The zero-order valence-electron chi connectivity index (χ0n) is 16.5. The smallest absolute Gasteiger partial charge is 0.265 e. The average molecular weight is 418 g/mol. The number of benzene rings is 1. The Morgan fingerprint density at radius 1 is 1.39 bits per heavy atom. The van der Waals surface area contributed by atoms with Crippen molar-refractivity contribution in [2.24, 2.45) is 0 Å². The van der Waals surface area contributed by atoms with Crippen molar-refractivity contribution in [1.82, 2.24) is 10.2 Å². The second-order valence-corrected chi connectivity index (χ2v) is 8.72. The van der Waals surface area contributed by atoms with Crippen LogP contribution < -0.4 is 10.2 Å². The minimum Gasteiger partial charge on any atom is -0.369 e. The van der Waals surface area contributed by atoms with E-state index < -0.39 is 11.8 Å². The largest absolute Gasteiger partial charge is 0.369 e. The number of amides is 2. The van der Waals surface area contributed by atoms with Gasteiger partial charge in [0.15, 0.2) is 5.11 Å². The number of hydrogen-bond acceptors (Lipinski definition) is 4. The molecule has 2 heterocycles. The number of nitrogens with zero attached hydrogens (tertiary/aromatic N) is 2. The molecular weight excluding hydrogens is 394 g/mol. The van der Waals surface area contributed by atoms with Crippen molar-refractivity contribution in [1.29, 1.82) is 0 Å². The van der Waals surface area contributed by atoms with Gasteiger partial charge in [0.25, 0.3) is 11.8 Å². The molecule has 1 N–H and O–H groups in total. The van der Waals surface area contributed by atoms with Gasteiger partial charge in [0.2, 0.25) is 0 Å². The molecule has 0 aromatic heterocycles. The molecule has 0 spiro atoms. The van der Waals surface area contributed by atoms with Crippen LogP contribution in [0.5, 0.6) is 0 Å². The molecule has 2 aliphatic rings. The Morgan fingerprint density at radius 3 is 2.71 bits per heavy atom. The predicted molar refractivity (Wildman–Crippen MR) is 118 cm³/mol. The molecule has 148 valence electrons. The van der Waals surface area contributed by atoms with E-state index in [4.69, 9.17) is 23.8 Å². The van der Waals surface area contributed by atoms with Gasteiger partial charge in [0.1, 0.15) is 5.57 Å². The first-order chi connectivity index (χ1) is 13.1. The zero-order chi connectivity index (χ0) is 20.8. The Hall–Kier alpha value is -2.18. The van der Waals surface area contributed by atoms with Crippen LogP contribution in [0.15, 0.2) is 30.4 Å². The molecule has 2 amide bonds. The van der Waals surface area contributed by atoms with Crippen LogP contribution in [0.3, 0.4) is 0 Å². The molecule has 1 unspecified atom stereocenters. The van der Waals surface area contributed by atoms with E-state index in [2.05, 4.69) is 44.6 Å². The van der Waals surface area contributed by atoms with Crippen LogP contribution in [-0.2, 0) is 9.59 Å². The minimum atomic E-state index is -0.518. The van der Waals surface area contributed by atoms with Gasteiger partial charge in [-0.05, 0) is 67.7 Å². The SMILES string of the molecule is C=CCN1C(=O)/C(=C\c2cc3c(cc2Cl)N(C)C(C)(C)CC3C)C(=O)NC1=S. The monoisotopic (exact) mass is 417 g/mol. The number of rotatable bonds is 3. The molecule has 0 aliphatic carbocycles. The molecule has 0 bridgehead atoms. The highest BCUT2D eigenvalue weighted by Gasteiger charge is 2.36. The van der Waals surface area contributed by atoms with E-state index in [-0.39, 0.29) is 22.8 Å². The summed E-state index contributed by atoms with van der Waals surface area (Å²) in [6, 6.07) is 3.89. The van der Waals surface area contributed by atoms with E-state index >= 15 is 0 Å². The van der Waals surface area contributed by atoms with Crippen molar-refractivity contribution < 1.29 is 9.59 Å². The van der Waals surface area contributed by atoms with Crippen LogP contribution in [0.4, 0.5) is 5.69 Å². The van der Waals surface area contributed by atoms with Crippen LogP contribution in [0.2, 0.25) is 5.02 Å². The summed E-state index contributed by atoms with van der Waals surface area (Å²) in [5, 5.41) is 3.13. The van der Waals surface area contributed by atoms with Crippen molar-refractivity contribution in [3.05, 3.63) is 46.5 Å². The Labute approximate surface area is 176 Å². The van der Waals surface area contributed by atoms with Gasteiger partial charge in [0.05, 0.1) is 0 Å². The number of halogens is 1. The molecule has 3 rings (SSSR count). The summed E-state index contributed by atoms with van der Waals surface area (Å²) in [6.45, 7) is 10.5. The van der Waals surface area contributed by atoms with Gasteiger partial charge in [-0.3, -0.25) is 19.8 Å². The fourth-order valence-corrected chi connectivity index (χ4v) is 4.32. The highest BCUT2D eigenvalue weighted by molar-refractivity contribution is 7.80. The van der Waals surface area contributed by atoms with Gasteiger partial charge in [-0.25, -0.2) is 0 Å². The van der Waals surface area contributed by atoms with Gasteiger partial charge < -0.3 is 4.90 Å². The molecule has 28 heavy (non-hydrogen) atoms. The fraction of sp³-hybridized carbons (Fsp3) is 0.381. The lowest BCUT2D eigenvalue weighted by atomic mass is 9.80. The maximum Gasteiger partial charge on any atom is 0.265 e. The average Bonchev–Trinajstić information content (AvgIpc) is 2.60. The first-order valence-corrected chi connectivity index (χ1v) is 9.92. The van der Waals surface area contributed by atoms with Gasteiger partial charge in [-0.1, -0.05) is 24.6 Å². The van der Waals surface area contributed by atoms with Crippen molar-refractivity contribution >= 4 is 52.5 Å². The Morgan fingerprint density at radius 2 is 2.07 bits per heavy atom. The number of anilines is 1. The summed E-state index contributed by atoms with van der Waals surface area (Å²) in [6.07, 6.45) is 4.10. The quantitative estimate of drug-likeness (QED) is 0.351. The third-order valence-electron chi connectivity index (χ3n) is 5.55. The first kappa shape index (κ1) is 20.6. The highest BCUT2D eigenvalue weighted by atomic mass is 35.5. The van der Waals surface area contributed by atoms with Gasteiger partial charge in [-0.15, -0.1) is 6.58 Å². The van der Waals surface area contributed by atoms with Crippen molar-refractivity contribution in [2.45, 2.75) is 38.6 Å². The summed E-state index contributed by atoms with van der Waals surface area (Å²) in [5.74, 6) is -0.638. The van der Waals surface area contributed by atoms with E-state index in [1.54, 1.807) is 12.2 Å². The Balaban J connectivity index is 2.06. The van der Waals surface area contributed by atoms with Gasteiger partial charge >= 0.3 is 0 Å². The van der Waals surface area contributed by atoms with Crippen molar-refractivity contribution in [2.75, 3.05) is 18.5 Å². The van der Waals surface area contributed by atoms with E-state index in [1.165, 1.54) is 4.90 Å².